The highest BCUT2D eigenvalue weighted by molar-refractivity contribution is 8.76. The third-order valence-electron chi connectivity index (χ3n) is 19.4. The number of allylic oxidation sites excluding steroid dienone is 2. The Morgan fingerprint density at radius 3 is 2.39 bits per heavy atom. The number of rotatable bonds is 6. The molecule has 0 radical (unpaired) electrons. The molecular weight excluding hydrogens is 863 g/mol. The van der Waals surface area contributed by atoms with Crippen molar-refractivity contribution in [2.24, 2.45) is 73.6 Å². The summed E-state index contributed by atoms with van der Waals surface area (Å²) < 4.78 is 2.30. The van der Waals surface area contributed by atoms with E-state index in [1.807, 2.05) is 34.1 Å². The highest BCUT2D eigenvalue weighted by Crippen LogP contribution is 2.73. The molecule has 1 aliphatic heterocycles. The largest absolute Gasteiger partial charge is 0.393 e. The molecule has 1 aromatic heterocycles. The number of benzene rings is 1. The molecule has 8 N–H and O–H groups in total. The average Bonchev–Trinajstić information content (AvgIpc) is 4.03. The first-order valence-electron chi connectivity index (χ1n) is 25.5. The molecule has 5 saturated carbocycles. The van der Waals surface area contributed by atoms with Crippen molar-refractivity contribution in [3.63, 3.8) is 0 Å². The zero-order valence-electron chi connectivity index (χ0n) is 40.3. The molecule has 12 heteroatoms. The van der Waals surface area contributed by atoms with Crippen LogP contribution >= 0.6 is 21.6 Å². The Morgan fingerprint density at radius 1 is 0.939 bits per heavy atom. The van der Waals surface area contributed by atoms with Crippen LogP contribution in [0.25, 0.3) is 0 Å². The van der Waals surface area contributed by atoms with E-state index in [2.05, 4.69) is 85.7 Å². The smallest absolute Gasteiger partial charge is 0.185 e. The lowest BCUT2D eigenvalue weighted by Gasteiger charge is -2.63. The maximum atomic E-state index is 14.7. The standard InChI is InChI=1S/C54H79N5O5S2/c1-33-38-22-41(54(64)42-25-44(61)40-24-45(62)46(63)29-51(40,4)48(42)36(26-52(38,54)5)30-58-49(55)56)47(16-15-34-12-7-6-8-13-34)66-65-31-37(59-21-20-57-32-59)28-50(2,3)39(23-43(33)60)35-14-11-19-53(27-35)17-9-10-18-53/h6-8,12-13,20-21,25,32-33,36-38,40-41,43,45-48,60,62-64H,9-11,14-19,22-24,26-31H2,1-5H3,(H4,55,56,58). The first-order chi connectivity index (χ1) is 31.4. The summed E-state index contributed by atoms with van der Waals surface area (Å²) in [5.74, 6) is -0.677. The van der Waals surface area contributed by atoms with E-state index < -0.39 is 40.7 Å². The molecule has 6 fully saturated rings. The minimum absolute atomic E-state index is 0.00282. The molecule has 2 aromatic rings. The first-order valence-corrected chi connectivity index (χ1v) is 27.9. The minimum atomic E-state index is -1.41. The second-order valence-corrected chi connectivity index (χ2v) is 26.3. The summed E-state index contributed by atoms with van der Waals surface area (Å²) in [6.07, 6.45) is 20.0. The Labute approximate surface area is 402 Å². The summed E-state index contributed by atoms with van der Waals surface area (Å²) in [6.45, 7) is 11.8. The Balaban J connectivity index is 1.20. The van der Waals surface area contributed by atoms with Gasteiger partial charge in [-0.15, -0.1) is 0 Å². The fourth-order valence-electron chi connectivity index (χ4n) is 16.2. The molecular formula is C54H79N5O5S2. The number of ketones is 1. The lowest BCUT2D eigenvalue weighted by Crippen LogP contribution is -2.65. The van der Waals surface area contributed by atoms with Gasteiger partial charge in [-0.05, 0) is 147 Å². The van der Waals surface area contributed by atoms with E-state index >= 15 is 0 Å². The van der Waals surface area contributed by atoms with E-state index in [4.69, 9.17) is 11.5 Å². The number of fused-ring (bicyclic) bond motifs is 9. The number of aliphatic hydroxyl groups excluding tert-OH is 3. The summed E-state index contributed by atoms with van der Waals surface area (Å²) in [7, 11) is 3.83. The second-order valence-electron chi connectivity index (χ2n) is 23.6. The molecule has 7 aliphatic rings. The number of nitrogens with zero attached hydrogens (tertiary/aromatic N) is 3. The van der Waals surface area contributed by atoms with Gasteiger partial charge in [0.1, 0.15) is 0 Å². The number of guanidine groups is 1. The predicted octanol–water partition coefficient (Wildman–Crippen LogP) is 8.99. The summed E-state index contributed by atoms with van der Waals surface area (Å²) in [4.78, 5) is 24.0. The number of hydrogen-bond donors (Lipinski definition) is 6. The molecule has 1 aromatic carbocycles. The number of carbonyl (C=O) groups is 1. The van der Waals surface area contributed by atoms with Crippen molar-refractivity contribution < 1.29 is 25.2 Å². The fourth-order valence-corrected chi connectivity index (χ4v) is 19.4. The highest BCUT2D eigenvalue weighted by Gasteiger charge is 2.73. The van der Waals surface area contributed by atoms with Gasteiger partial charge < -0.3 is 36.5 Å². The molecule has 10 nitrogen and oxygen atoms in total. The summed E-state index contributed by atoms with van der Waals surface area (Å²) in [6, 6.07) is 10.8. The molecule has 1 spiro atoms. The van der Waals surface area contributed by atoms with E-state index in [9.17, 15) is 25.2 Å². The van der Waals surface area contributed by atoms with Crippen LogP contribution in [0, 0.1) is 57.2 Å². The van der Waals surface area contributed by atoms with E-state index in [1.165, 1.54) is 49.7 Å². The average molecular weight is 942 g/mol. The predicted molar refractivity (Wildman–Crippen MR) is 267 cm³/mol. The number of hydrogen-bond acceptors (Lipinski definition) is 9. The zero-order chi connectivity index (χ0) is 46.8. The van der Waals surface area contributed by atoms with Crippen molar-refractivity contribution >= 4 is 33.3 Å². The van der Waals surface area contributed by atoms with Crippen LogP contribution in [0.15, 0.2) is 76.8 Å². The third kappa shape index (κ3) is 8.60. The van der Waals surface area contributed by atoms with E-state index in [-0.39, 0.29) is 70.9 Å². The van der Waals surface area contributed by atoms with Gasteiger partial charge in [0, 0.05) is 53.2 Å². The lowest BCUT2D eigenvalue weighted by atomic mass is 9.42. The number of aliphatic hydroxyl groups is 4. The van der Waals surface area contributed by atoms with Crippen molar-refractivity contribution in [1.29, 1.82) is 0 Å². The van der Waals surface area contributed by atoms with Gasteiger partial charge >= 0.3 is 0 Å². The maximum absolute atomic E-state index is 14.7. The van der Waals surface area contributed by atoms with Crippen LogP contribution in [0.5, 0.6) is 0 Å². The van der Waals surface area contributed by atoms with Crippen molar-refractivity contribution in [1.82, 2.24) is 9.55 Å². The minimum Gasteiger partial charge on any atom is -0.393 e. The second kappa shape index (κ2) is 18.6. The molecule has 1 saturated heterocycles. The fraction of sp³-hybridized carbons (Fsp3) is 0.722. The number of nitrogens with two attached hydrogens (primary N) is 2. The topological polar surface area (TPSA) is 180 Å². The van der Waals surface area contributed by atoms with Gasteiger partial charge in [0.25, 0.3) is 0 Å². The number of aryl methyl sites for hydroxylation is 1. The molecule has 14 atom stereocenters. The van der Waals surface area contributed by atoms with Crippen molar-refractivity contribution in [2.75, 3.05) is 12.3 Å². The van der Waals surface area contributed by atoms with Crippen LogP contribution in [-0.2, 0) is 11.2 Å². The summed E-state index contributed by atoms with van der Waals surface area (Å²) in [5, 5.41) is 50.0. The lowest BCUT2D eigenvalue weighted by molar-refractivity contribution is -0.170. The van der Waals surface area contributed by atoms with Gasteiger partial charge in [0.05, 0.1) is 30.2 Å². The van der Waals surface area contributed by atoms with Gasteiger partial charge in [-0.2, -0.15) is 0 Å². The van der Waals surface area contributed by atoms with Crippen LogP contribution in [0.3, 0.4) is 0 Å². The van der Waals surface area contributed by atoms with Crippen LogP contribution in [-0.4, -0.2) is 83.2 Å². The van der Waals surface area contributed by atoms with E-state index in [0.717, 1.165) is 43.4 Å². The van der Waals surface area contributed by atoms with Gasteiger partial charge in [0.15, 0.2) is 11.7 Å². The maximum Gasteiger partial charge on any atom is 0.185 e. The van der Waals surface area contributed by atoms with Crippen LogP contribution in [0.4, 0.5) is 0 Å². The molecule has 0 amide bonds. The number of imidazole rings is 1. The molecule has 66 heavy (non-hydrogen) atoms. The van der Waals surface area contributed by atoms with Crippen molar-refractivity contribution in [2.45, 2.75) is 173 Å². The van der Waals surface area contributed by atoms with Gasteiger partial charge in [-0.1, -0.05) is 111 Å². The Hall–Kier alpha value is -2.61. The van der Waals surface area contributed by atoms with Gasteiger partial charge in [0.2, 0.25) is 0 Å². The van der Waals surface area contributed by atoms with E-state index in [0.29, 0.717) is 31.2 Å². The summed E-state index contributed by atoms with van der Waals surface area (Å²) >= 11 is 0. The van der Waals surface area contributed by atoms with E-state index in [1.54, 1.807) is 11.6 Å². The number of carbonyl (C=O) groups excluding carboxylic acids is 1. The third-order valence-corrected chi connectivity index (χ3v) is 22.4. The Bertz CT molecular complexity index is 2150. The monoisotopic (exact) mass is 942 g/mol. The number of aromatic nitrogens is 2. The normalized spacial score (nSPS) is 42.4. The van der Waals surface area contributed by atoms with Gasteiger partial charge in [-0.25, -0.2) is 4.98 Å². The molecule has 2 bridgehead atoms. The number of aliphatic imine (C=N–C) groups is 1. The van der Waals surface area contributed by atoms with Crippen molar-refractivity contribution in [3.8, 4) is 0 Å². The zero-order valence-corrected chi connectivity index (χ0v) is 41.9. The SMILES string of the molecule is CC1C(O)CC(=C2CCCC3(CCCC3)C2)C(C)(C)CC(n2ccnc2)CSSC(CCc2ccccc2)C2CC1C1(C)CC(CN=C(N)N)C3C(=CC(=O)C4CC(O)C(O)CC43C)C21O. The van der Waals surface area contributed by atoms with Gasteiger partial charge in [-0.3, -0.25) is 9.79 Å². The molecule has 2 heterocycles. The first kappa shape index (κ1) is 48.4. The molecule has 362 valence electrons. The molecule has 9 rings (SSSR count). The highest BCUT2D eigenvalue weighted by atomic mass is 33.1. The Morgan fingerprint density at radius 2 is 1.68 bits per heavy atom. The molecule has 6 aliphatic carbocycles. The van der Waals surface area contributed by atoms with Crippen LogP contribution < -0.4 is 11.5 Å². The van der Waals surface area contributed by atoms with Crippen LogP contribution in [0.1, 0.15) is 143 Å². The van der Waals surface area contributed by atoms with Crippen LogP contribution in [0.2, 0.25) is 0 Å². The van der Waals surface area contributed by atoms with Crippen molar-refractivity contribution in [3.05, 3.63) is 77.4 Å². The molecule has 14 unspecified atom stereocenters. The quantitative estimate of drug-likeness (QED) is 0.0709. The Kier molecular flexibility index (Phi) is 13.7. The summed E-state index contributed by atoms with van der Waals surface area (Å²) in [5.41, 5.74) is 14.5.